The molecule has 1 saturated heterocycles. The molecule has 0 aliphatic carbocycles. The molecule has 0 saturated carbocycles. The molecule has 19 heavy (non-hydrogen) atoms. The molecule has 2 aromatic rings. The molecule has 4 nitrogen and oxygen atoms in total. The lowest BCUT2D eigenvalue weighted by molar-refractivity contribution is 0.581. The van der Waals surface area contributed by atoms with Gasteiger partial charge in [-0.05, 0) is 12.1 Å². The first-order valence-corrected chi connectivity index (χ1v) is 6.50. The molecule has 1 aliphatic rings. The molecule has 3 rings (SSSR count). The second-order valence-electron chi connectivity index (χ2n) is 4.76. The van der Waals surface area contributed by atoms with Crippen LogP contribution in [0, 0.1) is 5.82 Å². The maximum Gasteiger partial charge on any atom is 0.151 e. The van der Waals surface area contributed by atoms with Gasteiger partial charge < -0.3 is 10.2 Å². The summed E-state index contributed by atoms with van der Waals surface area (Å²) in [5.74, 6) is 0.741. The Morgan fingerprint density at radius 3 is 2.74 bits per heavy atom. The molecule has 1 fully saturated rings. The van der Waals surface area contributed by atoms with E-state index in [2.05, 4.69) is 15.3 Å². The number of benzene rings is 1. The summed E-state index contributed by atoms with van der Waals surface area (Å²) in [6, 6.07) is 8.65. The minimum Gasteiger partial charge on any atom is -0.353 e. The maximum absolute atomic E-state index is 13.3. The van der Waals surface area contributed by atoms with E-state index >= 15 is 0 Å². The summed E-state index contributed by atoms with van der Waals surface area (Å²) in [4.78, 5) is 2.25. The van der Waals surface area contributed by atoms with Crippen molar-refractivity contribution >= 4 is 5.82 Å². The first-order valence-electron chi connectivity index (χ1n) is 6.50. The zero-order chi connectivity index (χ0) is 13.2. The van der Waals surface area contributed by atoms with Crippen LogP contribution in [0.1, 0.15) is 0 Å². The lowest BCUT2D eigenvalue weighted by Gasteiger charge is -2.27. The van der Waals surface area contributed by atoms with Crippen LogP contribution in [0.2, 0.25) is 0 Å². The van der Waals surface area contributed by atoms with Crippen molar-refractivity contribution in [2.24, 2.45) is 7.05 Å². The van der Waals surface area contributed by atoms with Gasteiger partial charge in [-0.15, -0.1) is 0 Å². The predicted octanol–water partition coefficient (Wildman–Crippen LogP) is 1.64. The summed E-state index contributed by atoms with van der Waals surface area (Å²) in [5, 5.41) is 7.85. The maximum atomic E-state index is 13.3. The third kappa shape index (κ3) is 2.46. The zero-order valence-corrected chi connectivity index (χ0v) is 10.9. The third-order valence-corrected chi connectivity index (χ3v) is 3.43. The molecule has 1 aromatic heterocycles. The number of piperazine rings is 1. The summed E-state index contributed by atoms with van der Waals surface area (Å²) in [5.41, 5.74) is 1.80. The second-order valence-corrected chi connectivity index (χ2v) is 4.76. The molecular weight excluding hydrogens is 243 g/mol. The number of anilines is 1. The molecular formula is C14H17FN4. The Morgan fingerprint density at radius 1 is 1.21 bits per heavy atom. The van der Waals surface area contributed by atoms with E-state index in [0.29, 0.717) is 0 Å². The second kappa shape index (κ2) is 5.01. The van der Waals surface area contributed by atoms with E-state index in [0.717, 1.165) is 43.3 Å². The number of hydrogen-bond acceptors (Lipinski definition) is 3. The molecule has 0 atom stereocenters. The van der Waals surface area contributed by atoms with Gasteiger partial charge in [0.1, 0.15) is 5.82 Å². The number of nitrogens with one attached hydrogen (secondary N) is 1. The van der Waals surface area contributed by atoms with Crippen LogP contribution in [-0.2, 0) is 7.05 Å². The highest BCUT2D eigenvalue weighted by molar-refractivity contribution is 5.64. The molecule has 0 spiro atoms. The molecule has 0 amide bonds. The minimum atomic E-state index is -0.220. The number of aryl methyl sites for hydroxylation is 1. The SMILES string of the molecule is Cn1nc(N2CCNCC2)cc1-c1cccc(F)c1. The number of aromatic nitrogens is 2. The molecule has 0 bridgehead atoms. The molecule has 100 valence electrons. The number of hydrogen-bond donors (Lipinski definition) is 1. The monoisotopic (exact) mass is 260 g/mol. The van der Waals surface area contributed by atoms with Crippen LogP contribution in [0.5, 0.6) is 0 Å². The lowest BCUT2D eigenvalue weighted by atomic mass is 10.1. The van der Waals surface area contributed by atoms with Gasteiger partial charge in [-0.1, -0.05) is 12.1 Å². The first-order chi connectivity index (χ1) is 9.24. The Labute approximate surface area is 111 Å². The van der Waals surface area contributed by atoms with Crippen molar-refractivity contribution in [3.8, 4) is 11.3 Å². The van der Waals surface area contributed by atoms with Crippen molar-refractivity contribution in [2.45, 2.75) is 0 Å². The van der Waals surface area contributed by atoms with Crippen LogP contribution < -0.4 is 10.2 Å². The fourth-order valence-corrected chi connectivity index (χ4v) is 2.42. The summed E-state index contributed by atoms with van der Waals surface area (Å²) in [6.45, 7) is 3.87. The highest BCUT2D eigenvalue weighted by atomic mass is 19.1. The van der Waals surface area contributed by atoms with Gasteiger partial charge in [0.05, 0.1) is 5.69 Å². The van der Waals surface area contributed by atoms with Gasteiger partial charge >= 0.3 is 0 Å². The minimum absolute atomic E-state index is 0.220. The Balaban J connectivity index is 1.92. The normalized spacial score (nSPS) is 15.8. The molecule has 5 heteroatoms. The number of halogens is 1. The van der Waals surface area contributed by atoms with Crippen LogP contribution in [0.15, 0.2) is 30.3 Å². The van der Waals surface area contributed by atoms with Crippen molar-refractivity contribution in [1.82, 2.24) is 15.1 Å². The summed E-state index contributed by atoms with van der Waals surface area (Å²) < 4.78 is 15.1. The van der Waals surface area contributed by atoms with Gasteiger partial charge in [-0.3, -0.25) is 4.68 Å². The lowest BCUT2D eigenvalue weighted by Crippen LogP contribution is -2.43. The van der Waals surface area contributed by atoms with E-state index < -0.39 is 0 Å². The largest absolute Gasteiger partial charge is 0.353 e. The van der Waals surface area contributed by atoms with Gasteiger partial charge in [0, 0.05) is 44.9 Å². The predicted molar refractivity (Wildman–Crippen MR) is 73.7 cm³/mol. The van der Waals surface area contributed by atoms with Crippen molar-refractivity contribution in [2.75, 3.05) is 31.1 Å². The highest BCUT2D eigenvalue weighted by Gasteiger charge is 2.15. The molecule has 0 unspecified atom stereocenters. The van der Waals surface area contributed by atoms with Gasteiger partial charge in [0.25, 0.3) is 0 Å². The smallest absolute Gasteiger partial charge is 0.151 e. The quantitative estimate of drug-likeness (QED) is 0.891. The van der Waals surface area contributed by atoms with Gasteiger partial charge in [0.2, 0.25) is 0 Å². The average Bonchev–Trinajstić information content (AvgIpc) is 2.82. The van der Waals surface area contributed by atoms with Gasteiger partial charge in [-0.25, -0.2) is 4.39 Å². The Bertz CT molecular complexity index is 573. The van der Waals surface area contributed by atoms with Gasteiger partial charge in [-0.2, -0.15) is 5.10 Å². The Morgan fingerprint density at radius 2 is 2.00 bits per heavy atom. The van der Waals surface area contributed by atoms with Crippen LogP contribution in [0.4, 0.5) is 10.2 Å². The molecule has 2 heterocycles. The summed E-state index contributed by atoms with van der Waals surface area (Å²) >= 11 is 0. The van der Waals surface area contributed by atoms with Crippen LogP contribution >= 0.6 is 0 Å². The number of nitrogens with zero attached hydrogens (tertiary/aromatic N) is 3. The van der Waals surface area contributed by atoms with Crippen molar-refractivity contribution < 1.29 is 4.39 Å². The van der Waals surface area contributed by atoms with Crippen molar-refractivity contribution in [1.29, 1.82) is 0 Å². The van der Waals surface area contributed by atoms with Crippen LogP contribution in [0.3, 0.4) is 0 Å². The van der Waals surface area contributed by atoms with E-state index in [4.69, 9.17) is 0 Å². The zero-order valence-electron chi connectivity index (χ0n) is 10.9. The topological polar surface area (TPSA) is 33.1 Å². The average molecular weight is 260 g/mol. The number of rotatable bonds is 2. The van der Waals surface area contributed by atoms with E-state index in [9.17, 15) is 4.39 Å². The highest BCUT2D eigenvalue weighted by Crippen LogP contribution is 2.24. The molecule has 1 N–H and O–H groups in total. The summed E-state index contributed by atoms with van der Waals surface area (Å²) in [6.07, 6.45) is 0. The molecule has 1 aliphatic heterocycles. The molecule has 1 aromatic carbocycles. The fourth-order valence-electron chi connectivity index (χ4n) is 2.42. The Hall–Kier alpha value is -1.88. The van der Waals surface area contributed by atoms with Crippen LogP contribution in [-0.4, -0.2) is 36.0 Å². The van der Waals surface area contributed by atoms with E-state index in [-0.39, 0.29) is 5.82 Å². The van der Waals surface area contributed by atoms with Crippen molar-refractivity contribution in [3.63, 3.8) is 0 Å². The first kappa shape index (κ1) is 12.2. The van der Waals surface area contributed by atoms with Gasteiger partial charge in [0.15, 0.2) is 5.82 Å². The standard InChI is InChI=1S/C14H17FN4/c1-18-13(11-3-2-4-12(15)9-11)10-14(17-18)19-7-5-16-6-8-19/h2-4,9-10,16H,5-8H2,1H3. The third-order valence-electron chi connectivity index (χ3n) is 3.43. The Kier molecular flexibility index (Phi) is 3.21. The van der Waals surface area contributed by atoms with E-state index in [1.165, 1.54) is 6.07 Å². The van der Waals surface area contributed by atoms with Crippen LogP contribution in [0.25, 0.3) is 11.3 Å². The fraction of sp³-hybridized carbons (Fsp3) is 0.357. The molecule has 0 radical (unpaired) electrons. The van der Waals surface area contributed by atoms with E-state index in [1.807, 2.05) is 23.9 Å². The van der Waals surface area contributed by atoms with Crippen molar-refractivity contribution in [3.05, 3.63) is 36.1 Å². The van der Waals surface area contributed by atoms with E-state index in [1.54, 1.807) is 12.1 Å². The summed E-state index contributed by atoms with van der Waals surface area (Å²) in [7, 11) is 1.89.